The highest BCUT2D eigenvalue weighted by Gasteiger charge is 2.43. The van der Waals surface area contributed by atoms with Crippen LogP contribution in [-0.2, 0) is 10.1 Å². The van der Waals surface area contributed by atoms with Gasteiger partial charge in [0.05, 0.1) is 21.1 Å². The summed E-state index contributed by atoms with van der Waals surface area (Å²) in [5, 5.41) is 22.5. The van der Waals surface area contributed by atoms with Gasteiger partial charge in [0, 0.05) is 17.7 Å². The van der Waals surface area contributed by atoms with Crippen molar-refractivity contribution in [2.75, 3.05) is 5.73 Å². The lowest BCUT2D eigenvalue weighted by molar-refractivity contribution is -0.385. The third kappa shape index (κ3) is 2.52. The summed E-state index contributed by atoms with van der Waals surface area (Å²) in [5.41, 5.74) is 0.0232. The van der Waals surface area contributed by atoms with Gasteiger partial charge in [0.15, 0.2) is 0 Å². The van der Waals surface area contributed by atoms with E-state index in [9.17, 15) is 42.8 Å². The molecule has 0 aliphatic heterocycles. The molecular weight excluding hydrogens is 386 g/mol. The second-order valence-electron chi connectivity index (χ2n) is 5.40. The van der Waals surface area contributed by atoms with E-state index in [2.05, 4.69) is 0 Å². The quantitative estimate of drug-likeness (QED) is 0.281. The molecule has 0 unspecified atom stereocenters. The fourth-order valence-corrected chi connectivity index (χ4v) is 3.50. The van der Waals surface area contributed by atoms with Crippen LogP contribution >= 0.6 is 0 Å². The predicted octanol–water partition coefficient (Wildman–Crippen LogP) is 1.11. The molecule has 2 aromatic carbocycles. The largest absolute Gasteiger partial charge is 0.397 e. The van der Waals surface area contributed by atoms with Crippen LogP contribution in [0.15, 0.2) is 29.2 Å². The van der Waals surface area contributed by atoms with E-state index < -0.39 is 75.7 Å². The van der Waals surface area contributed by atoms with Gasteiger partial charge in [-0.15, -0.1) is 0 Å². The molecule has 0 aromatic heterocycles. The Kier molecular flexibility index (Phi) is 3.79. The van der Waals surface area contributed by atoms with Crippen LogP contribution in [0, 0.1) is 20.2 Å². The zero-order valence-electron chi connectivity index (χ0n) is 12.9. The number of carbonyl (C=O) groups excluding carboxylic acids is 2. The van der Waals surface area contributed by atoms with Gasteiger partial charge < -0.3 is 5.73 Å². The summed E-state index contributed by atoms with van der Waals surface area (Å²) in [6.45, 7) is 0. The lowest BCUT2D eigenvalue weighted by atomic mass is 9.81. The number of nitro benzene ring substituents is 2. The highest BCUT2D eigenvalue weighted by molar-refractivity contribution is 7.86. The minimum absolute atomic E-state index is 0.358. The molecule has 12 nitrogen and oxygen atoms in total. The van der Waals surface area contributed by atoms with Gasteiger partial charge in [-0.05, 0) is 6.07 Å². The number of nitrogens with zero attached hydrogens (tertiary/aromatic N) is 2. The molecule has 1 aliphatic carbocycles. The number of nitrogens with two attached hydrogens (primary N) is 1. The number of hydrogen-bond acceptors (Lipinski definition) is 9. The third-order valence-corrected chi connectivity index (χ3v) is 4.84. The van der Waals surface area contributed by atoms with Gasteiger partial charge in [0.25, 0.3) is 21.5 Å². The molecule has 0 bridgehead atoms. The molecule has 0 amide bonds. The van der Waals surface area contributed by atoms with Gasteiger partial charge >= 0.3 is 0 Å². The van der Waals surface area contributed by atoms with Gasteiger partial charge in [-0.2, -0.15) is 8.42 Å². The molecule has 0 heterocycles. The molecule has 0 saturated heterocycles. The van der Waals surface area contributed by atoms with Crippen LogP contribution in [0.25, 0.3) is 0 Å². The normalized spacial score (nSPS) is 13.1. The molecular formula is C14H7N3O9S. The van der Waals surface area contributed by atoms with Crippen LogP contribution in [-0.4, -0.2) is 34.4 Å². The summed E-state index contributed by atoms with van der Waals surface area (Å²) < 4.78 is 32.2. The van der Waals surface area contributed by atoms with Crippen LogP contribution in [0.1, 0.15) is 31.8 Å². The third-order valence-electron chi connectivity index (χ3n) is 3.95. The summed E-state index contributed by atoms with van der Waals surface area (Å²) in [7, 11) is -5.09. The van der Waals surface area contributed by atoms with Crippen LogP contribution in [0.5, 0.6) is 0 Å². The first-order chi connectivity index (χ1) is 12.5. The molecule has 0 atom stereocenters. The number of benzene rings is 2. The standard InChI is InChI=1S/C14H7N3O9S/c15-12-8(27(24,25)26)4-7(17(22)23)10-11(12)14(19)9-5(13(10)18)2-1-3-6(9)16(20)21/h1-4H,15H2,(H,24,25,26). The Hall–Kier alpha value is -3.71. The van der Waals surface area contributed by atoms with E-state index in [1.807, 2.05) is 0 Å². The van der Waals surface area contributed by atoms with Gasteiger partial charge in [0.2, 0.25) is 11.6 Å². The Balaban J connectivity index is 2.52. The summed E-state index contributed by atoms with van der Waals surface area (Å²) in [5.74, 6) is -2.35. The number of ketones is 2. The van der Waals surface area contributed by atoms with E-state index >= 15 is 0 Å². The number of hydrogen-bond donors (Lipinski definition) is 2. The van der Waals surface area contributed by atoms with Crippen molar-refractivity contribution in [1.82, 2.24) is 0 Å². The smallest absolute Gasteiger partial charge is 0.296 e. The molecule has 0 spiro atoms. The number of anilines is 1. The lowest BCUT2D eigenvalue weighted by Gasteiger charge is -2.19. The van der Waals surface area contributed by atoms with Gasteiger partial charge in [-0.3, -0.25) is 34.4 Å². The highest BCUT2D eigenvalue weighted by atomic mass is 32.2. The van der Waals surface area contributed by atoms with Crippen molar-refractivity contribution < 1.29 is 32.4 Å². The Bertz CT molecular complexity index is 1200. The summed E-state index contributed by atoms with van der Waals surface area (Å²) in [4.78, 5) is 44.8. The molecule has 0 saturated carbocycles. The first-order valence-corrected chi connectivity index (χ1v) is 8.36. The minimum Gasteiger partial charge on any atom is -0.397 e. The fraction of sp³-hybridized carbons (Fsp3) is 0. The molecule has 0 fully saturated rings. The Morgan fingerprint density at radius 1 is 0.926 bits per heavy atom. The van der Waals surface area contributed by atoms with E-state index in [-0.39, 0.29) is 0 Å². The predicted molar refractivity (Wildman–Crippen MR) is 87.3 cm³/mol. The summed E-state index contributed by atoms with van der Waals surface area (Å²) in [6, 6.07) is 3.49. The second kappa shape index (κ2) is 5.65. The molecule has 3 rings (SSSR count). The van der Waals surface area contributed by atoms with E-state index in [1.165, 1.54) is 0 Å². The molecule has 138 valence electrons. The maximum Gasteiger partial charge on any atom is 0.296 e. The van der Waals surface area contributed by atoms with E-state index in [4.69, 9.17) is 5.73 Å². The topological polar surface area (TPSA) is 201 Å². The van der Waals surface area contributed by atoms with Gasteiger partial charge in [-0.25, -0.2) is 0 Å². The first kappa shape index (κ1) is 18.1. The van der Waals surface area contributed by atoms with Crippen molar-refractivity contribution in [3.8, 4) is 0 Å². The molecule has 3 N–H and O–H groups in total. The maximum absolute atomic E-state index is 12.8. The number of nitrogen functional groups attached to an aromatic ring is 1. The summed E-state index contributed by atoms with van der Waals surface area (Å²) in [6.07, 6.45) is 0. The minimum atomic E-state index is -5.09. The molecule has 1 aliphatic rings. The SMILES string of the molecule is Nc1c(S(=O)(=O)O)cc([N+](=O)[O-])c2c1C(=O)c1c(cccc1[N+](=O)[O-])C2=O. The number of carbonyl (C=O) groups is 2. The molecule has 0 radical (unpaired) electrons. The molecule has 13 heteroatoms. The fourth-order valence-electron chi connectivity index (χ4n) is 2.86. The zero-order chi connectivity index (χ0) is 20.3. The van der Waals surface area contributed by atoms with Gasteiger partial charge in [-0.1, -0.05) is 6.07 Å². The van der Waals surface area contributed by atoms with Crippen molar-refractivity contribution in [3.63, 3.8) is 0 Å². The number of rotatable bonds is 3. The van der Waals surface area contributed by atoms with Crippen molar-refractivity contribution in [2.24, 2.45) is 0 Å². The van der Waals surface area contributed by atoms with E-state index in [1.54, 1.807) is 0 Å². The molecule has 2 aromatic rings. The number of fused-ring (bicyclic) bond motifs is 2. The van der Waals surface area contributed by atoms with E-state index in [0.717, 1.165) is 18.2 Å². The monoisotopic (exact) mass is 393 g/mol. The Morgan fingerprint density at radius 2 is 1.52 bits per heavy atom. The van der Waals surface area contributed by atoms with E-state index in [0.29, 0.717) is 6.07 Å². The van der Waals surface area contributed by atoms with Crippen LogP contribution in [0.2, 0.25) is 0 Å². The van der Waals surface area contributed by atoms with Crippen molar-refractivity contribution in [1.29, 1.82) is 0 Å². The zero-order valence-corrected chi connectivity index (χ0v) is 13.7. The summed E-state index contributed by atoms with van der Waals surface area (Å²) >= 11 is 0. The van der Waals surface area contributed by atoms with Crippen LogP contribution < -0.4 is 5.73 Å². The van der Waals surface area contributed by atoms with Crippen molar-refractivity contribution in [3.05, 3.63) is 66.7 Å². The second-order valence-corrected chi connectivity index (χ2v) is 6.79. The van der Waals surface area contributed by atoms with Crippen molar-refractivity contribution in [2.45, 2.75) is 4.90 Å². The van der Waals surface area contributed by atoms with Crippen LogP contribution in [0.3, 0.4) is 0 Å². The van der Waals surface area contributed by atoms with Crippen molar-refractivity contribution >= 4 is 38.7 Å². The Morgan fingerprint density at radius 3 is 2.04 bits per heavy atom. The van der Waals surface area contributed by atoms with Crippen LogP contribution in [0.4, 0.5) is 17.1 Å². The first-order valence-electron chi connectivity index (χ1n) is 6.92. The average Bonchev–Trinajstić information content (AvgIpc) is 2.57. The average molecular weight is 393 g/mol. The lowest BCUT2D eigenvalue weighted by Crippen LogP contribution is -2.26. The number of nitro groups is 2. The van der Waals surface area contributed by atoms with Gasteiger partial charge in [0.1, 0.15) is 16.0 Å². The Labute approximate surface area is 149 Å². The highest BCUT2D eigenvalue weighted by Crippen LogP contribution is 2.41. The maximum atomic E-state index is 12.8. The molecule has 27 heavy (non-hydrogen) atoms.